The van der Waals surface area contributed by atoms with Gasteiger partial charge in [-0.1, -0.05) is 0 Å². The van der Waals surface area contributed by atoms with Gasteiger partial charge in [-0.3, -0.25) is 4.79 Å². The average molecular weight is 287 g/mol. The van der Waals surface area contributed by atoms with Gasteiger partial charge < -0.3 is 10.2 Å². The van der Waals surface area contributed by atoms with Crippen molar-refractivity contribution in [2.75, 3.05) is 6.54 Å². The Labute approximate surface area is 126 Å². The van der Waals surface area contributed by atoms with Crippen molar-refractivity contribution in [2.45, 2.75) is 69.5 Å². The van der Waals surface area contributed by atoms with Crippen LogP contribution in [0.1, 0.15) is 51.9 Å². The van der Waals surface area contributed by atoms with Crippen LogP contribution in [0, 0.1) is 29.1 Å². The molecule has 0 spiro atoms. The SMILES string of the molecule is C[C@H]1CC[C@@H](C#N)N1C(=O)CNC12C[C@@H]3CC1C[C@@H](C3)C2. The molecule has 5 aliphatic rings. The fourth-order valence-electron chi connectivity index (χ4n) is 5.96. The Morgan fingerprint density at radius 3 is 2.67 bits per heavy atom. The highest BCUT2D eigenvalue weighted by Crippen LogP contribution is 2.60. The largest absolute Gasteiger partial charge is 0.323 e. The van der Waals surface area contributed by atoms with Gasteiger partial charge in [-0.2, -0.15) is 5.26 Å². The summed E-state index contributed by atoms with van der Waals surface area (Å²) in [7, 11) is 0. The van der Waals surface area contributed by atoms with E-state index < -0.39 is 0 Å². The smallest absolute Gasteiger partial charge is 0.237 e. The fourth-order valence-corrected chi connectivity index (χ4v) is 5.96. The van der Waals surface area contributed by atoms with Crippen LogP contribution in [-0.2, 0) is 4.79 Å². The van der Waals surface area contributed by atoms with Crippen LogP contribution in [0.5, 0.6) is 0 Å². The van der Waals surface area contributed by atoms with Gasteiger partial charge in [0.1, 0.15) is 6.04 Å². The molecule has 1 aliphatic heterocycles. The first-order valence-electron chi connectivity index (χ1n) is 8.57. The minimum Gasteiger partial charge on any atom is -0.323 e. The first-order chi connectivity index (χ1) is 10.1. The van der Waals surface area contributed by atoms with E-state index in [0.29, 0.717) is 6.54 Å². The second-order valence-electron chi connectivity index (χ2n) is 7.93. The Morgan fingerprint density at radius 1 is 1.29 bits per heavy atom. The minimum atomic E-state index is -0.205. The van der Waals surface area contributed by atoms with Crippen molar-refractivity contribution in [1.82, 2.24) is 10.2 Å². The van der Waals surface area contributed by atoms with Crippen molar-refractivity contribution < 1.29 is 4.79 Å². The van der Waals surface area contributed by atoms with Crippen LogP contribution in [0.2, 0.25) is 0 Å². The molecular formula is C17H25N3O. The standard InChI is InChI=1S/C17H25N3O/c1-11-2-3-15(9-18)20(11)16(21)10-19-17-7-12-4-13(8-17)6-14(17)5-12/h11-15,19H,2-8,10H2,1H3/t11-,12-,13+,14?,15-,17?/m0/s1. The molecule has 5 rings (SSSR count). The molecule has 4 saturated carbocycles. The molecule has 6 atom stereocenters. The van der Waals surface area contributed by atoms with Crippen molar-refractivity contribution in [3.63, 3.8) is 0 Å². The number of carbonyl (C=O) groups excluding carboxylic acids is 1. The maximum Gasteiger partial charge on any atom is 0.237 e. The Bertz CT molecular complexity index is 483. The first-order valence-corrected chi connectivity index (χ1v) is 8.57. The molecule has 114 valence electrons. The summed E-state index contributed by atoms with van der Waals surface area (Å²) in [6, 6.07) is 2.30. The van der Waals surface area contributed by atoms with Crippen molar-refractivity contribution in [3.05, 3.63) is 0 Å². The van der Waals surface area contributed by atoms with Gasteiger partial charge in [0.05, 0.1) is 12.6 Å². The summed E-state index contributed by atoms with van der Waals surface area (Å²) in [5, 5.41) is 12.9. The van der Waals surface area contributed by atoms with Gasteiger partial charge in [0, 0.05) is 11.6 Å². The van der Waals surface area contributed by atoms with Crippen LogP contribution in [0.4, 0.5) is 0 Å². The van der Waals surface area contributed by atoms with Crippen molar-refractivity contribution in [1.29, 1.82) is 5.26 Å². The monoisotopic (exact) mass is 287 g/mol. The number of nitriles is 1. The van der Waals surface area contributed by atoms with Gasteiger partial charge in [0.25, 0.3) is 0 Å². The molecule has 1 amide bonds. The maximum absolute atomic E-state index is 12.6. The van der Waals surface area contributed by atoms with Crippen LogP contribution in [0.3, 0.4) is 0 Å². The molecule has 1 N–H and O–H groups in total. The normalized spacial score (nSPS) is 47.0. The van der Waals surface area contributed by atoms with Gasteiger partial charge in [0.2, 0.25) is 5.91 Å². The van der Waals surface area contributed by atoms with Gasteiger partial charge in [-0.25, -0.2) is 0 Å². The summed E-state index contributed by atoms with van der Waals surface area (Å²) in [6.45, 7) is 2.50. The lowest BCUT2D eigenvalue weighted by atomic mass is 9.80. The molecule has 2 unspecified atom stereocenters. The Kier molecular flexibility index (Phi) is 3.04. The van der Waals surface area contributed by atoms with Crippen LogP contribution >= 0.6 is 0 Å². The number of amides is 1. The predicted molar refractivity (Wildman–Crippen MR) is 79.2 cm³/mol. The highest BCUT2D eigenvalue weighted by Gasteiger charge is 2.57. The maximum atomic E-state index is 12.6. The molecule has 1 heterocycles. The molecule has 4 nitrogen and oxygen atoms in total. The van der Waals surface area contributed by atoms with Gasteiger partial charge >= 0.3 is 0 Å². The number of carbonyl (C=O) groups is 1. The Hall–Kier alpha value is -1.08. The summed E-state index contributed by atoms with van der Waals surface area (Å²) in [6.07, 6.45) is 8.52. The van der Waals surface area contributed by atoms with Crippen molar-refractivity contribution >= 4 is 5.91 Å². The molecule has 1 saturated heterocycles. The molecule has 4 bridgehead atoms. The topological polar surface area (TPSA) is 56.1 Å². The zero-order valence-electron chi connectivity index (χ0n) is 12.8. The molecule has 21 heavy (non-hydrogen) atoms. The first kappa shape index (κ1) is 13.6. The predicted octanol–water partition coefficient (Wildman–Crippen LogP) is 2.06. The van der Waals surface area contributed by atoms with Crippen LogP contribution in [-0.4, -0.2) is 35.0 Å². The molecular weight excluding hydrogens is 262 g/mol. The molecule has 0 aromatic rings. The van der Waals surface area contributed by atoms with E-state index in [9.17, 15) is 10.1 Å². The summed E-state index contributed by atoms with van der Waals surface area (Å²) in [5.74, 6) is 2.74. The Balaban J connectivity index is 1.41. The number of hydrogen-bond acceptors (Lipinski definition) is 3. The molecule has 0 radical (unpaired) electrons. The molecule has 0 aromatic carbocycles. The van der Waals surface area contributed by atoms with Gasteiger partial charge in [0.15, 0.2) is 0 Å². The lowest BCUT2D eigenvalue weighted by Gasteiger charge is -2.35. The molecule has 0 aromatic heterocycles. The molecule has 5 fully saturated rings. The lowest BCUT2D eigenvalue weighted by Crippen LogP contribution is -2.52. The third-order valence-electron chi connectivity index (χ3n) is 6.69. The number of rotatable bonds is 3. The van der Waals surface area contributed by atoms with E-state index in [1.807, 2.05) is 4.90 Å². The summed E-state index contributed by atoms with van der Waals surface area (Å²) < 4.78 is 0. The zero-order chi connectivity index (χ0) is 14.6. The van der Waals surface area contributed by atoms with E-state index >= 15 is 0 Å². The van der Waals surface area contributed by atoms with E-state index in [0.717, 1.165) is 30.6 Å². The van der Waals surface area contributed by atoms with Crippen molar-refractivity contribution in [3.8, 4) is 6.07 Å². The molecule has 4 aliphatic carbocycles. The van der Waals surface area contributed by atoms with E-state index in [-0.39, 0.29) is 23.5 Å². The molecule has 4 heteroatoms. The summed E-state index contributed by atoms with van der Waals surface area (Å²) >= 11 is 0. The average Bonchev–Trinajstić information content (AvgIpc) is 3.03. The van der Waals surface area contributed by atoms with Crippen LogP contribution in [0.15, 0.2) is 0 Å². The number of nitrogens with one attached hydrogen (secondary N) is 1. The zero-order valence-corrected chi connectivity index (χ0v) is 12.8. The summed E-state index contributed by atoms with van der Waals surface area (Å²) in [5.41, 5.74) is 0.258. The number of nitrogens with zero attached hydrogens (tertiary/aromatic N) is 2. The highest BCUT2D eigenvalue weighted by atomic mass is 16.2. The Morgan fingerprint density at radius 2 is 2.00 bits per heavy atom. The third kappa shape index (κ3) is 2.01. The minimum absolute atomic E-state index is 0.132. The van der Waals surface area contributed by atoms with Gasteiger partial charge in [-0.05, 0) is 69.6 Å². The second-order valence-corrected chi connectivity index (χ2v) is 7.93. The van der Waals surface area contributed by atoms with E-state index in [1.54, 1.807) is 0 Å². The highest BCUT2D eigenvalue weighted by molar-refractivity contribution is 5.79. The van der Waals surface area contributed by atoms with E-state index in [2.05, 4.69) is 18.3 Å². The van der Waals surface area contributed by atoms with E-state index in [1.165, 1.54) is 32.1 Å². The number of likely N-dealkylation sites (tertiary alicyclic amines) is 1. The van der Waals surface area contributed by atoms with Crippen LogP contribution in [0.25, 0.3) is 0 Å². The van der Waals surface area contributed by atoms with Gasteiger partial charge in [-0.15, -0.1) is 0 Å². The van der Waals surface area contributed by atoms with Crippen LogP contribution < -0.4 is 5.32 Å². The third-order valence-corrected chi connectivity index (χ3v) is 6.69. The number of hydrogen-bond donors (Lipinski definition) is 1. The van der Waals surface area contributed by atoms with E-state index in [4.69, 9.17) is 0 Å². The fraction of sp³-hybridized carbons (Fsp3) is 0.882. The lowest BCUT2D eigenvalue weighted by molar-refractivity contribution is -0.132. The van der Waals surface area contributed by atoms with Crippen molar-refractivity contribution in [2.24, 2.45) is 17.8 Å². The summed E-state index contributed by atoms with van der Waals surface area (Å²) in [4.78, 5) is 14.4. The second kappa shape index (κ2) is 4.71. The quantitative estimate of drug-likeness (QED) is 0.864.